The molecule has 0 saturated carbocycles. The van der Waals surface area contributed by atoms with E-state index in [1.54, 1.807) is 7.11 Å². The molecule has 0 bridgehead atoms. The highest BCUT2D eigenvalue weighted by Gasteiger charge is 1.96. The fourth-order valence-corrected chi connectivity index (χ4v) is 2.62. The van der Waals surface area contributed by atoms with Crippen molar-refractivity contribution in [1.82, 2.24) is 0 Å². The minimum atomic E-state index is 0.527. The number of rotatable bonds is 27. The molecular weight excluding hydrogens is 456 g/mol. The molecule has 9 nitrogen and oxygen atoms in total. The van der Waals surface area contributed by atoms with Gasteiger partial charge in [0.05, 0.1) is 112 Å². The summed E-state index contributed by atoms with van der Waals surface area (Å²) in [6, 6.07) is 8.13. The average molecular weight is 501 g/mol. The van der Waals surface area contributed by atoms with Crippen molar-refractivity contribution >= 4 is 6.08 Å². The lowest BCUT2D eigenvalue weighted by Gasteiger charge is -2.09. The average Bonchev–Trinajstić information content (AvgIpc) is 2.89. The highest BCUT2D eigenvalue weighted by molar-refractivity contribution is 5.47. The third-order valence-corrected chi connectivity index (χ3v) is 4.52. The number of hydrogen-bond donors (Lipinski definition) is 0. The van der Waals surface area contributed by atoms with Gasteiger partial charge in [-0.05, 0) is 11.1 Å². The van der Waals surface area contributed by atoms with E-state index in [1.807, 2.05) is 30.3 Å². The van der Waals surface area contributed by atoms with Crippen molar-refractivity contribution in [3.63, 3.8) is 0 Å². The van der Waals surface area contributed by atoms with Crippen LogP contribution >= 0.6 is 0 Å². The molecule has 0 heterocycles. The van der Waals surface area contributed by atoms with Crippen molar-refractivity contribution in [3.8, 4) is 0 Å². The molecule has 0 saturated heterocycles. The van der Waals surface area contributed by atoms with E-state index in [4.69, 9.17) is 42.6 Å². The largest absolute Gasteiger partial charge is 0.382 e. The topological polar surface area (TPSA) is 83.1 Å². The number of methoxy groups -OCH3 is 1. The summed E-state index contributed by atoms with van der Waals surface area (Å²) in [7, 11) is 1.65. The molecule has 0 aliphatic heterocycles. The lowest BCUT2D eigenvalue weighted by Crippen LogP contribution is -2.15. The Balaban J connectivity index is 1.68. The van der Waals surface area contributed by atoms with Gasteiger partial charge in [0, 0.05) is 7.11 Å². The summed E-state index contributed by atoms with van der Waals surface area (Å²) in [5, 5.41) is 0. The molecule has 0 fully saturated rings. The van der Waals surface area contributed by atoms with Crippen LogP contribution in [0.15, 0.2) is 30.8 Å². The zero-order valence-corrected chi connectivity index (χ0v) is 21.3. The Labute approximate surface area is 210 Å². The van der Waals surface area contributed by atoms with Crippen molar-refractivity contribution in [2.75, 3.05) is 113 Å². The zero-order valence-electron chi connectivity index (χ0n) is 21.3. The molecule has 0 atom stereocenters. The molecule has 0 aromatic heterocycles. The molecule has 0 spiro atoms. The fraction of sp³-hybridized carbons (Fsp3) is 0.692. The second-order valence-electron chi connectivity index (χ2n) is 7.28. The van der Waals surface area contributed by atoms with Crippen LogP contribution in [-0.4, -0.2) is 113 Å². The second kappa shape index (κ2) is 25.7. The Morgan fingerprint density at radius 3 is 1.11 bits per heavy atom. The molecule has 0 aliphatic rings. The summed E-state index contributed by atoms with van der Waals surface area (Å²) in [4.78, 5) is 0. The molecule has 1 rings (SSSR count). The number of ether oxygens (including phenoxy) is 9. The van der Waals surface area contributed by atoms with Gasteiger partial charge in [0.2, 0.25) is 0 Å². The van der Waals surface area contributed by atoms with Crippen LogP contribution in [-0.2, 0) is 49.2 Å². The predicted molar refractivity (Wildman–Crippen MR) is 134 cm³/mol. The fourth-order valence-electron chi connectivity index (χ4n) is 2.62. The molecule has 0 aliphatic carbocycles. The van der Waals surface area contributed by atoms with Gasteiger partial charge in [-0.1, -0.05) is 36.9 Å². The van der Waals surface area contributed by atoms with Gasteiger partial charge in [0.15, 0.2) is 0 Å². The highest BCUT2D eigenvalue weighted by atomic mass is 16.6. The molecule has 0 unspecified atom stereocenters. The Morgan fingerprint density at radius 1 is 0.486 bits per heavy atom. The minimum absolute atomic E-state index is 0.527. The van der Waals surface area contributed by atoms with Crippen LogP contribution in [0.4, 0.5) is 0 Å². The van der Waals surface area contributed by atoms with Crippen molar-refractivity contribution in [3.05, 3.63) is 42.0 Å². The van der Waals surface area contributed by atoms with Gasteiger partial charge in [-0.3, -0.25) is 0 Å². The normalized spacial score (nSPS) is 11.2. The van der Waals surface area contributed by atoms with Gasteiger partial charge in [-0.2, -0.15) is 0 Å². The van der Waals surface area contributed by atoms with Gasteiger partial charge in [0.1, 0.15) is 0 Å². The quantitative estimate of drug-likeness (QED) is 0.169. The highest BCUT2D eigenvalue weighted by Crippen LogP contribution is 2.06. The van der Waals surface area contributed by atoms with E-state index in [0.29, 0.717) is 112 Å². The molecule has 9 heteroatoms. The maximum absolute atomic E-state index is 5.60. The van der Waals surface area contributed by atoms with Crippen LogP contribution in [0.1, 0.15) is 11.1 Å². The lowest BCUT2D eigenvalue weighted by atomic mass is 10.1. The number of benzene rings is 1. The van der Waals surface area contributed by atoms with Gasteiger partial charge in [-0.25, -0.2) is 0 Å². The Bertz CT molecular complexity index is 568. The summed E-state index contributed by atoms with van der Waals surface area (Å²) in [6.45, 7) is 13.0. The van der Waals surface area contributed by atoms with E-state index < -0.39 is 0 Å². The van der Waals surface area contributed by atoms with Crippen LogP contribution in [0.25, 0.3) is 6.08 Å². The first-order valence-electron chi connectivity index (χ1n) is 12.2. The molecule has 1 aromatic rings. The maximum atomic E-state index is 5.60. The summed E-state index contributed by atoms with van der Waals surface area (Å²) in [5.74, 6) is 0. The monoisotopic (exact) mass is 500 g/mol. The van der Waals surface area contributed by atoms with Crippen molar-refractivity contribution in [1.29, 1.82) is 0 Å². The first kappa shape index (κ1) is 31.6. The third kappa shape index (κ3) is 21.6. The Hall–Kier alpha value is -1.40. The molecule has 35 heavy (non-hydrogen) atoms. The summed E-state index contributed by atoms with van der Waals surface area (Å²) >= 11 is 0. The first-order valence-corrected chi connectivity index (χ1v) is 12.2. The maximum Gasteiger partial charge on any atom is 0.0718 e. The van der Waals surface area contributed by atoms with E-state index >= 15 is 0 Å². The number of hydrogen-bond acceptors (Lipinski definition) is 9. The van der Waals surface area contributed by atoms with E-state index in [2.05, 4.69) is 6.58 Å². The van der Waals surface area contributed by atoms with Crippen LogP contribution in [0, 0.1) is 0 Å². The predicted octanol–water partition coefficient (Wildman–Crippen LogP) is 2.61. The van der Waals surface area contributed by atoms with Crippen LogP contribution in [0.3, 0.4) is 0 Å². The summed E-state index contributed by atoms with van der Waals surface area (Å²) < 4.78 is 48.5. The van der Waals surface area contributed by atoms with Gasteiger partial charge >= 0.3 is 0 Å². The van der Waals surface area contributed by atoms with Crippen LogP contribution in [0.2, 0.25) is 0 Å². The van der Waals surface area contributed by atoms with E-state index in [1.165, 1.54) is 0 Å². The SMILES string of the molecule is C=Cc1ccc(COCCOCCOCCOCCOCCOCCOCCOCCOC)cc1. The third-order valence-electron chi connectivity index (χ3n) is 4.52. The van der Waals surface area contributed by atoms with Crippen molar-refractivity contribution in [2.45, 2.75) is 6.61 Å². The molecule has 0 amide bonds. The standard InChI is InChI=1S/C26H44O9/c1-3-25-4-6-26(7-5-25)24-35-23-22-34-21-20-33-19-18-32-17-16-31-15-14-30-13-12-29-11-10-28-9-8-27-2/h3-7H,1,8-24H2,2H3. The van der Waals surface area contributed by atoms with E-state index in [9.17, 15) is 0 Å². The van der Waals surface area contributed by atoms with Crippen molar-refractivity contribution in [2.24, 2.45) is 0 Å². The van der Waals surface area contributed by atoms with Crippen LogP contribution in [0.5, 0.6) is 0 Å². The Morgan fingerprint density at radius 2 is 0.800 bits per heavy atom. The molecule has 0 N–H and O–H groups in total. The zero-order chi connectivity index (χ0) is 25.1. The van der Waals surface area contributed by atoms with E-state index in [0.717, 1.165) is 11.1 Å². The van der Waals surface area contributed by atoms with Crippen LogP contribution < -0.4 is 0 Å². The van der Waals surface area contributed by atoms with Gasteiger partial charge in [0.25, 0.3) is 0 Å². The van der Waals surface area contributed by atoms with Gasteiger partial charge in [-0.15, -0.1) is 0 Å². The smallest absolute Gasteiger partial charge is 0.0718 e. The van der Waals surface area contributed by atoms with Gasteiger partial charge < -0.3 is 42.6 Å². The molecule has 0 radical (unpaired) electrons. The summed E-state index contributed by atoms with van der Waals surface area (Å²) in [5.41, 5.74) is 2.24. The first-order chi connectivity index (χ1) is 17.4. The lowest BCUT2D eigenvalue weighted by molar-refractivity contribution is -0.0246. The van der Waals surface area contributed by atoms with Crippen molar-refractivity contribution < 1.29 is 42.6 Å². The Kier molecular flexibility index (Phi) is 23.2. The molecular formula is C26H44O9. The second-order valence-corrected chi connectivity index (χ2v) is 7.28. The molecule has 202 valence electrons. The summed E-state index contributed by atoms with van der Waals surface area (Å²) in [6.07, 6.45) is 1.82. The minimum Gasteiger partial charge on any atom is -0.382 e. The van der Waals surface area contributed by atoms with E-state index in [-0.39, 0.29) is 0 Å². The molecule has 1 aromatic carbocycles.